The summed E-state index contributed by atoms with van der Waals surface area (Å²) in [5.41, 5.74) is 3.68. The van der Waals surface area contributed by atoms with Crippen molar-refractivity contribution < 1.29 is 9.59 Å². The third kappa shape index (κ3) is 4.05. The van der Waals surface area contributed by atoms with Gasteiger partial charge in [0.05, 0.1) is 5.69 Å². The first-order chi connectivity index (χ1) is 11.0. The molecule has 0 spiro atoms. The molecule has 8 nitrogen and oxygen atoms in total. The van der Waals surface area contributed by atoms with E-state index in [9.17, 15) is 9.59 Å². The first kappa shape index (κ1) is 16.3. The molecule has 3 heterocycles. The number of hydrogen-bond donors (Lipinski definition) is 2. The number of fused-ring (bicyclic) bond motifs is 1. The summed E-state index contributed by atoms with van der Waals surface area (Å²) in [5.74, 6) is -1.30. The molecule has 0 unspecified atom stereocenters. The Labute approximate surface area is 139 Å². The van der Waals surface area contributed by atoms with Crippen molar-refractivity contribution in [2.75, 3.05) is 52.1 Å². The molecule has 3 rings (SSSR count). The lowest BCUT2D eigenvalue weighted by atomic mass is 10.2. The van der Waals surface area contributed by atoms with Crippen LogP contribution in [0.3, 0.4) is 0 Å². The lowest BCUT2D eigenvalue weighted by Crippen LogP contribution is -2.54. The zero-order valence-corrected chi connectivity index (χ0v) is 14.3. The Bertz CT molecular complexity index is 596. The largest absolute Gasteiger partial charge is 0.324 e. The fraction of sp³-hybridized carbons (Fsp3) is 0.643. The van der Waals surface area contributed by atoms with Crippen LogP contribution < -0.4 is 10.7 Å². The summed E-state index contributed by atoms with van der Waals surface area (Å²) in [6.45, 7) is 4.98. The van der Waals surface area contributed by atoms with Gasteiger partial charge in [0, 0.05) is 50.6 Å². The van der Waals surface area contributed by atoms with Crippen LogP contribution in [-0.4, -0.2) is 78.4 Å². The molecule has 23 heavy (non-hydrogen) atoms. The molecule has 1 saturated heterocycles. The molecule has 2 aliphatic rings. The number of anilines is 1. The van der Waals surface area contributed by atoms with E-state index in [4.69, 9.17) is 0 Å². The van der Waals surface area contributed by atoms with E-state index in [1.807, 2.05) is 7.05 Å². The topological polar surface area (TPSA) is 80.8 Å². The molecule has 9 heteroatoms. The molecular weight excluding hydrogens is 316 g/mol. The number of hydrogen-bond acceptors (Lipinski definition) is 7. The number of rotatable bonds is 2. The second-order valence-corrected chi connectivity index (χ2v) is 7.15. The molecule has 2 amide bonds. The Hall–Kier alpha value is -1.55. The fourth-order valence-corrected chi connectivity index (χ4v) is 3.73. The smallest absolute Gasteiger partial charge is 0.304 e. The molecule has 126 valence electrons. The van der Waals surface area contributed by atoms with Crippen molar-refractivity contribution >= 4 is 28.3 Å². The Morgan fingerprint density at radius 2 is 1.78 bits per heavy atom. The molecule has 0 saturated carbocycles. The Balaban J connectivity index is 1.53. The van der Waals surface area contributed by atoms with E-state index < -0.39 is 11.8 Å². The molecule has 0 aliphatic carbocycles. The van der Waals surface area contributed by atoms with Gasteiger partial charge in [0.2, 0.25) is 0 Å². The highest BCUT2D eigenvalue weighted by atomic mass is 32.1. The first-order valence-electron chi connectivity index (χ1n) is 7.74. The van der Waals surface area contributed by atoms with E-state index in [0.29, 0.717) is 18.2 Å². The number of nitrogens with zero attached hydrogens (tertiary/aromatic N) is 4. The van der Waals surface area contributed by atoms with Gasteiger partial charge in [-0.3, -0.25) is 20.3 Å². The van der Waals surface area contributed by atoms with Crippen molar-refractivity contribution in [1.29, 1.82) is 0 Å². The van der Waals surface area contributed by atoms with Gasteiger partial charge in [-0.25, -0.2) is 9.99 Å². The van der Waals surface area contributed by atoms with Crippen LogP contribution in [0.4, 0.5) is 5.13 Å². The highest BCUT2D eigenvalue weighted by molar-refractivity contribution is 7.16. The highest BCUT2D eigenvalue weighted by Crippen LogP contribution is 2.27. The van der Waals surface area contributed by atoms with Crippen LogP contribution in [0, 0.1) is 0 Å². The van der Waals surface area contributed by atoms with Crippen LogP contribution in [0.25, 0.3) is 0 Å². The first-order valence-corrected chi connectivity index (χ1v) is 8.55. The van der Waals surface area contributed by atoms with Gasteiger partial charge in [-0.05, 0) is 14.1 Å². The van der Waals surface area contributed by atoms with Crippen LogP contribution in [0.15, 0.2) is 0 Å². The summed E-state index contributed by atoms with van der Waals surface area (Å²) < 4.78 is 0. The number of carbonyl (C=O) groups excluding carboxylic acids is 2. The van der Waals surface area contributed by atoms with Crippen LogP contribution in [-0.2, 0) is 22.6 Å². The van der Waals surface area contributed by atoms with Crippen molar-refractivity contribution in [2.45, 2.75) is 13.0 Å². The standard InChI is InChI=1S/C14H22N6O2S/c1-18-5-7-20(8-6-18)17-13(22)12(21)16-14-15-10-3-4-19(2)9-11(10)23-14/h3-9H2,1-2H3,(H,17,22)(H,15,16,21). The summed E-state index contributed by atoms with van der Waals surface area (Å²) in [5, 5.41) is 4.90. The van der Waals surface area contributed by atoms with E-state index in [1.165, 1.54) is 11.3 Å². The average molecular weight is 338 g/mol. The van der Waals surface area contributed by atoms with Gasteiger partial charge in [-0.15, -0.1) is 11.3 Å². The summed E-state index contributed by atoms with van der Waals surface area (Å²) in [7, 11) is 4.10. The summed E-state index contributed by atoms with van der Waals surface area (Å²) in [4.78, 5) is 34.0. The number of likely N-dealkylation sites (N-methyl/N-ethyl adjacent to an activating group) is 2. The number of hydrazine groups is 1. The number of aromatic nitrogens is 1. The van der Waals surface area contributed by atoms with E-state index in [1.54, 1.807) is 5.01 Å². The normalized spacial score (nSPS) is 20.1. The summed E-state index contributed by atoms with van der Waals surface area (Å²) in [6.07, 6.45) is 0.881. The Morgan fingerprint density at radius 1 is 1.04 bits per heavy atom. The molecule has 2 aliphatic heterocycles. The third-order valence-electron chi connectivity index (χ3n) is 4.11. The molecule has 0 bridgehead atoms. The Kier molecular flexibility index (Phi) is 4.90. The van der Waals surface area contributed by atoms with Gasteiger partial charge in [0.25, 0.3) is 0 Å². The summed E-state index contributed by atoms with van der Waals surface area (Å²) in [6, 6.07) is 0. The molecule has 1 aromatic rings. The minimum Gasteiger partial charge on any atom is -0.304 e. The average Bonchev–Trinajstić information content (AvgIpc) is 2.90. The lowest BCUT2D eigenvalue weighted by Gasteiger charge is -2.31. The van der Waals surface area contributed by atoms with Gasteiger partial charge >= 0.3 is 11.8 Å². The fourth-order valence-electron chi connectivity index (χ4n) is 2.64. The molecular formula is C14H22N6O2S. The van der Waals surface area contributed by atoms with Crippen LogP contribution in [0.5, 0.6) is 0 Å². The predicted molar refractivity (Wildman–Crippen MR) is 88.0 cm³/mol. The molecule has 0 radical (unpaired) electrons. The van der Waals surface area contributed by atoms with Crippen molar-refractivity contribution in [3.8, 4) is 0 Å². The second kappa shape index (κ2) is 6.91. The van der Waals surface area contributed by atoms with Gasteiger partial charge in [-0.2, -0.15) is 0 Å². The van der Waals surface area contributed by atoms with Crippen molar-refractivity contribution in [3.63, 3.8) is 0 Å². The second-order valence-electron chi connectivity index (χ2n) is 6.06. The monoisotopic (exact) mass is 338 g/mol. The summed E-state index contributed by atoms with van der Waals surface area (Å²) >= 11 is 1.45. The highest BCUT2D eigenvalue weighted by Gasteiger charge is 2.23. The predicted octanol–water partition coefficient (Wildman–Crippen LogP) is -0.652. The van der Waals surface area contributed by atoms with Gasteiger partial charge in [0.15, 0.2) is 5.13 Å². The van der Waals surface area contributed by atoms with Gasteiger partial charge in [0.1, 0.15) is 0 Å². The van der Waals surface area contributed by atoms with Crippen LogP contribution in [0.1, 0.15) is 10.6 Å². The van der Waals surface area contributed by atoms with Gasteiger partial charge in [-0.1, -0.05) is 0 Å². The lowest BCUT2D eigenvalue weighted by molar-refractivity contribution is -0.139. The zero-order valence-electron chi connectivity index (χ0n) is 13.5. The minimum atomic E-state index is -0.664. The number of thiazole rings is 1. The quantitative estimate of drug-likeness (QED) is 0.698. The maximum absolute atomic E-state index is 12.0. The number of amides is 2. The number of piperazine rings is 1. The molecule has 0 atom stereocenters. The van der Waals surface area contributed by atoms with Crippen molar-refractivity contribution in [2.24, 2.45) is 0 Å². The third-order valence-corrected chi connectivity index (χ3v) is 5.11. The van der Waals surface area contributed by atoms with E-state index in [0.717, 1.165) is 43.2 Å². The SMILES string of the molecule is CN1CCN(NC(=O)C(=O)Nc2nc3c(s2)CN(C)CC3)CC1. The van der Waals surface area contributed by atoms with E-state index in [-0.39, 0.29) is 0 Å². The van der Waals surface area contributed by atoms with Gasteiger partial charge < -0.3 is 9.80 Å². The number of nitrogens with one attached hydrogen (secondary N) is 2. The molecule has 1 aromatic heterocycles. The van der Waals surface area contributed by atoms with Crippen molar-refractivity contribution in [1.82, 2.24) is 25.2 Å². The molecule has 0 aromatic carbocycles. The van der Waals surface area contributed by atoms with E-state index in [2.05, 4.69) is 32.6 Å². The maximum atomic E-state index is 12.0. The zero-order chi connectivity index (χ0) is 16.4. The maximum Gasteiger partial charge on any atom is 0.324 e. The number of carbonyl (C=O) groups is 2. The minimum absolute atomic E-state index is 0.504. The van der Waals surface area contributed by atoms with Crippen LogP contribution in [0.2, 0.25) is 0 Å². The van der Waals surface area contributed by atoms with E-state index >= 15 is 0 Å². The van der Waals surface area contributed by atoms with Crippen molar-refractivity contribution in [3.05, 3.63) is 10.6 Å². The molecule has 2 N–H and O–H groups in total. The molecule has 1 fully saturated rings. The van der Waals surface area contributed by atoms with Crippen LogP contribution >= 0.6 is 11.3 Å². The Morgan fingerprint density at radius 3 is 2.52 bits per heavy atom.